The molecule has 152 valence electrons. The Bertz CT molecular complexity index is 725. The van der Waals surface area contributed by atoms with Gasteiger partial charge in [-0.25, -0.2) is 13.4 Å². The summed E-state index contributed by atoms with van der Waals surface area (Å²) in [6.07, 6.45) is 7.71. The molecule has 3 rings (SSSR count). The Kier molecular flexibility index (Phi) is 8.81. The molecule has 0 spiro atoms. The number of likely N-dealkylation sites (tertiary alicyclic amines) is 1. The molecule has 27 heavy (non-hydrogen) atoms. The molecule has 0 bridgehead atoms. The van der Waals surface area contributed by atoms with Crippen molar-refractivity contribution in [1.29, 1.82) is 0 Å². The number of benzene rings is 1. The summed E-state index contributed by atoms with van der Waals surface area (Å²) in [7, 11) is -3.46. The number of guanidine groups is 1. The van der Waals surface area contributed by atoms with Crippen LogP contribution in [-0.2, 0) is 16.6 Å². The number of hydrogen-bond donors (Lipinski definition) is 1. The van der Waals surface area contributed by atoms with Gasteiger partial charge in [0.15, 0.2) is 5.96 Å². The highest BCUT2D eigenvalue weighted by Gasteiger charge is 2.27. The van der Waals surface area contributed by atoms with E-state index in [2.05, 4.69) is 9.89 Å². The van der Waals surface area contributed by atoms with Crippen LogP contribution >= 0.6 is 24.0 Å². The van der Waals surface area contributed by atoms with E-state index >= 15 is 0 Å². The van der Waals surface area contributed by atoms with E-state index in [1.807, 2.05) is 12.1 Å². The van der Waals surface area contributed by atoms with Gasteiger partial charge in [0.05, 0.1) is 11.4 Å². The predicted molar refractivity (Wildman–Crippen MR) is 120 cm³/mol. The number of rotatable bonds is 4. The van der Waals surface area contributed by atoms with Gasteiger partial charge in [0, 0.05) is 26.2 Å². The molecule has 0 saturated carbocycles. The van der Waals surface area contributed by atoms with E-state index in [1.54, 1.807) is 16.4 Å². The van der Waals surface area contributed by atoms with Crippen LogP contribution in [-0.4, -0.2) is 49.8 Å². The zero-order valence-corrected chi connectivity index (χ0v) is 19.0. The summed E-state index contributed by atoms with van der Waals surface area (Å²) < 4.78 is 27.7. The van der Waals surface area contributed by atoms with Crippen molar-refractivity contribution < 1.29 is 8.42 Å². The lowest BCUT2D eigenvalue weighted by Crippen LogP contribution is -2.38. The van der Waals surface area contributed by atoms with Gasteiger partial charge in [-0.05, 0) is 37.3 Å². The third kappa shape index (κ3) is 5.80. The predicted octanol–water partition coefficient (Wildman–Crippen LogP) is 3.17. The Morgan fingerprint density at radius 2 is 1.48 bits per heavy atom. The molecule has 2 aliphatic heterocycles. The van der Waals surface area contributed by atoms with Gasteiger partial charge in [0.2, 0.25) is 10.0 Å². The van der Waals surface area contributed by atoms with E-state index < -0.39 is 10.0 Å². The number of sulfonamides is 1. The molecule has 0 unspecified atom stereocenters. The second kappa shape index (κ2) is 10.6. The first-order chi connectivity index (χ1) is 12.6. The normalized spacial score (nSPS) is 20.0. The van der Waals surface area contributed by atoms with Gasteiger partial charge >= 0.3 is 0 Å². The van der Waals surface area contributed by atoms with Crippen LogP contribution in [0.25, 0.3) is 0 Å². The number of nitrogens with zero attached hydrogens (tertiary/aromatic N) is 3. The zero-order chi connectivity index (χ0) is 18.4. The molecule has 2 fully saturated rings. The lowest BCUT2D eigenvalue weighted by molar-refractivity contribution is 0.346. The minimum atomic E-state index is -3.46. The van der Waals surface area contributed by atoms with Crippen molar-refractivity contribution in [3.8, 4) is 0 Å². The van der Waals surface area contributed by atoms with Crippen LogP contribution in [0.1, 0.15) is 50.5 Å². The van der Waals surface area contributed by atoms with E-state index in [0.717, 1.165) is 50.8 Å². The molecule has 0 amide bonds. The minimum absolute atomic E-state index is 0. The molecule has 8 heteroatoms. The molecule has 2 N–H and O–H groups in total. The van der Waals surface area contributed by atoms with E-state index in [9.17, 15) is 8.42 Å². The zero-order valence-electron chi connectivity index (χ0n) is 15.8. The van der Waals surface area contributed by atoms with Crippen molar-refractivity contribution in [2.75, 3.05) is 26.2 Å². The first-order valence-corrected chi connectivity index (χ1v) is 11.2. The van der Waals surface area contributed by atoms with E-state index in [1.165, 1.54) is 12.8 Å². The smallest absolute Gasteiger partial charge is 0.243 e. The van der Waals surface area contributed by atoms with Gasteiger partial charge in [-0.1, -0.05) is 37.5 Å². The summed E-state index contributed by atoms with van der Waals surface area (Å²) in [6.45, 7) is 3.38. The maximum atomic E-state index is 13.0. The lowest BCUT2D eigenvalue weighted by Gasteiger charge is -2.26. The highest BCUT2D eigenvalue weighted by atomic mass is 127. The van der Waals surface area contributed by atoms with Crippen LogP contribution in [0.2, 0.25) is 0 Å². The first kappa shape index (κ1) is 22.4. The van der Waals surface area contributed by atoms with Crippen LogP contribution in [0.3, 0.4) is 0 Å². The molecule has 2 heterocycles. The van der Waals surface area contributed by atoms with Crippen molar-refractivity contribution in [3.05, 3.63) is 29.8 Å². The molecule has 0 radical (unpaired) electrons. The first-order valence-electron chi connectivity index (χ1n) is 9.72. The van der Waals surface area contributed by atoms with E-state index in [4.69, 9.17) is 5.73 Å². The van der Waals surface area contributed by atoms with Gasteiger partial charge in [-0.2, -0.15) is 4.31 Å². The molecule has 0 aliphatic carbocycles. The summed E-state index contributed by atoms with van der Waals surface area (Å²) in [5.74, 6) is 0.525. The topological polar surface area (TPSA) is 79.0 Å². The van der Waals surface area contributed by atoms with Crippen LogP contribution in [0, 0.1) is 0 Å². The molecule has 2 aliphatic rings. The third-order valence-electron chi connectivity index (χ3n) is 5.25. The van der Waals surface area contributed by atoms with Crippen molar-refractivity contribution in [3.63, 3.8) is 0 Å². The second-order valence-electron chi connectivity index (χ2n) is 7.15. The standard InChI is InChI=1S/C19H30N4O2S.HI/c20-19(22-12-6-1-2-7-13-22)21-16-17-10-4-5-11-18(17)26(24,25)23-14-8-3-9-15-23;/h4-5,10-11H,1-3,6-9,12-16H2,(H2,20,21);1H. The average Bonchev–Trinajstić information content (AvgIpc) is 2.96. The molecule has 0 aromatic heterocycles. The number of nitrogens with two attached hydrogens (primary N) is 1. The Morgan fingerprint density at radius 3 is 2.15 bits per heavy atom. The Balaban J connectivity index is 0.00000261. The van der Waals surface area contributed by atoms with Crippen molar-refractivity contribution in [2.24, 2.45) is 10.7 Å². The van der Waals surface area contributed by atoms with Gasteiger partial charge in [0.25, 0.3) is 0 Å². The van der Waals surface area contributed by atoms with Crippen molar-refractivity contribution >= 4 is 40.0 Å². The summed E-state index contributed by atoms with van der Waals surface area (Å²) >= 11 is 0. The molecule has 6 nitrogen and oxygen atoms in total. The fourth-order valence-corrected chi connectivity index (χ4v) is 5.43. The quantitative estimate of drug-likeness (QED) is 0.387. The van der Waals surface area contributed by atoms with Crippen LogP contribution in [0.15, 0.2) is 34.2 Å². The van der Waals surface area contributed by atoms with Gasteiger partial charge in [-0.3, -0.25) is 0 Å². The number of aliphatic imine (C=N–C) groups is 1. The molecular formula is C19H31IN4O2S. The minimum Gasteiger partial charge on any atom is -0.370 e. The molecule has 1 aromatic rings. The van der Waals surface area contributed by atoms with Gasteiger partial charge in [0.1, 0.15) is 0 Å². The maximum Gasteiger partial charge on any atom is 0.243 e. The maximum absolute atomic E-state index is 13.0. The monoisotopic (exact) mass is 506 g/mol. The van der Waals surface area contributed by atoms with Crippen molar-refractivity contribution in [2.45, 2.75) is 56.4 Å². The molecule has 1 aromatic carbocycles. The second-order valence-corrected chi connectivity index (χ2v) is 9.05. The van der Waals surface area contributed by atoms with Crippen LogP contribution in [0.5, 0.6) is 0 Å². The highest BCUT2D eigenvalue weighted by molar-refractivity contribution is 14.0. The summed E-state index contributed by atoms with van der Waals surface area (Å²) in [4.78, 5) is 7.01. The summed E-state index contributed by atoms with van der Waals surface area (Å²) in [6, 6.07) is 7.18. The highest BCUT2D eigenvalue weighted by Crippen LogP contribution is 2.24. The number of halogens is 1. The van der Waals surface area contributed by atoms with Gasteiger partial charge in [-0.15, -0.1) is 24.0 Å². The van der Waals surface area contributed by atoms with E-state index in [0.29, 0.717) is 30.5 Å². The Labute approximate surface area is 180 Å². The number of hydrogen-bond acceptors (Lipinski definition) is 3. The molecular weight excluding hydrogens is 475 g/mol. The Hall–Kier alpha value is -0.870. The Morgan fingerprint density at radius 1 is 0.926 bits per heavy atom. The lowest BCUT2D eigenvalue weighted by atomic mass is 10.2. The fourth-order valence-electron chi connectivity index (χ4n) is 3.70. The fraction of sp³-hybridized carbons (Fsp3) is 0.632. The average molecular weight is 506 g/mol. The van der Waals surface area contributed by atoms with Crippen molar-refractivity contribution in [1.82, 2.24) is 9.21 Å². The van der Waals surface area contributed by atoms with E-state index in [-0.39, 0.29) is 24.0 Å². The summed E-state index contributed by atoms with van der Waals surface area (Å²) in [5, 5.41) is 0. The largest absolute Gasteiger partial charge is 0.370 e. The number of piperidine rings is 1. The SMILES string of the molecule is I.NC(=NCc1ccccc1S(=O)(=O)N1CCCCC1)N1CCCCCC1. The molecule has 0 atom stereocenters. The van der Waals surface area contributed by atoms with Gasteiger partial charge < -0.3 is 10.6 Å². The van der Waals surface area contributed by atoms with Crippen LogP contribution < -0.4 is 5.73 Å². The molecule has 2 saturated heterocycles. The third-order valence-corrected chi connectivity index (χ3v) is 7.25. The van der Waals surface area contributed by atoms with Crippen LogP contribution in [0.4, 0.5) is 0 Å². The summed E-state index contributed by atoms with van der Waals surface area (Å²) in [5.41, 5.74) is 6.90.